The number of halogens is 1. The summed E-state index contributed by atoms with van der Waals surface area (Å²) in [7, 11) is 0. The van der Waals surface area contributed by atoms with Crippen molar-refractivity contribution in [2.45, 2.75) is 46.5 Å². The summed E-state index contributed by atoms with van der Waals surface area (Å²) in [4.78, 5) is 7.14. The van der Waals surface area contributed by atoms with Gasteiger partial charge in [0.1, 0.15) is 5.84 Å². The standard InChI is InChI=1S/C16H25BrN2/c1-4-6-12-19(13-7-5-2)14(3)18-16-10-8-15(17)9-11-16/h8-11H,4-7,12-13H2,1-3H3. The minimum atomic E-state index is 1.03. The summed E-state index contributed by atoms with van der Waals surface area (Å²) in [5.41, 5.74) is 1.03. The van der Waals surface area contributed by atoms with Crippen molar-refractivity contribution in [1.29, 1.82) is 0 Å². The van der Waals surface area contributed by atoms with E-state index in [1.54, 1.807) is 0 Å². The van der Waals surface area contributed by atoms with E-state index in [0.29, 0.717) is 0 Å². The van der Waals surface area contributed by atoms with Gasteiger partial charge in [0, 0.05) is 17.6 Å². The molecule has 2 nitrogen and oxygen atoms in total. The van der Waals surface area contributed by atoms with Crippen molar-refractivity contribution in [2.75, 3.05) is 13.1 Å². The average Bonchev–Trinajstić information content (AvgIpc) is 2.41. The lowest BCUT2D eigenvalue weighted by Gasteiger charge is -2.24. The molecule has 19 heavy (non-hydrogen) atoms. The number of nitrogens with zero attached hydrogens (tertiary/aromatic N) is 2. The molecule has 3 heteroatoms. The lowest BCUT2D eigenvalue weighted by molar-refractivity contribution is 0.396. The van der Waals surface area contributed by atoms with Crippen LogP contribution in [0.15, 0.2) is 33.7 Å². The first-order chi connectivity index (χ1) is 9.17. The second-order valence-corrected chi connectivity index (χ2v) is 5.75. The number of hydrogen-bond donors (Lipinski definition) is 0. The van der Waals surface area contributed by atoms with Crippen molar-refractivity contribution in [3.8, 4) is 0 Å². The van der Waals surface area contributed by atoms with E-state index in [1.165, 1.54) is 25.7 Å². The van der Waals surface area contributed by atoms with Gasteiger partial charge in [0.25, 0.3) is 0 Å². The van der Waals surface area contributed by atoms with Gasteiger partial charge in [-0.05, 0) is 44.0 Å². The minimum Gasteiger partial charge on any atom is -0.360 e. The molecule has 1 rings (SSSR count). The van der Waals surface area contributed by atoms with Gasteiger partial charge in [-0.15, -0.1) is 0 Å². The van der Waals surface area contributed by atoms with E-state index >= 15 is 0 Å². The van der Waals surface area contributed by atoms with Gasteiger partial charge in [0.15, 0.2) is 0 Å². The van der Waals surface area contributed by atoms with E-state index in [1.807, 2.05) is 24.3 Å². The third-order valence-electron chi connectivity index (χ3n) is 3.14. The Kier molecular flexibility index (Phi) is 7.80. The Bertz CT molecular complexity index is 376. The first-order valence-electron chi connectivity index (χ1n) is 7.23. The van der Waals surface area contributed by atoms with Crippen LogP contribution in [-0.2, 0) is 0 Å². The van der Waals surface area contributed by atoms with Crippen LogP contribution in [0.5, 0.6) is 0 Å². The highest BCUT2D eigenvalue weighted by Crippen LogP contribution is 2.17. The molecule has 0 aliphatic rings. The maximum Gasteiger partial charge on any atom is 0.102 e. The zero-order valence-electron chi connectivity index (χ0n) is 12.3. The summed E-state index contributed by atoms with van der Waals surface area (Å²) in [5, 5.41) is 0. The molecule has 0 aliphatic heterocycles. The average molecular weight is 325 g/mol. The summed E-state index contributed by atoms with van der Waals surface area (Å²) in [6.45, 7) is 8.82. The van der Waals surface area contributed by atoms with Crippen LogP contribution in [0.4, 0.5) is 5.69 Å². The molecule has 0 heterocycles. The van der Waals surface area contributed by atoms with E-state index < -0.39 is 0 Å². The summed E-state index contributed by atoms with van der Waals surface area (Å²) >= 11 is 3.45. The molecule has 0 aliphatic carbocycles. The quantitative estimate of drug-likeness (QED) is 0.484. The smallest absolute Gasteiger partial charge is 0.102 e. The monoisotopic (exact) mass is 324 g/mol. The van der Waals surface area contributed by atoms with E-state index in [0.717, 1.165) is 29.1 Å². The maximum atomic E-state index is 4.73. The molecule has 0 saturated carbocycles. The molecule has 0 spiro atoms. The fourth-order valence-electron chi connectivity index (χ4n) is 1.91. The molecular formula is C16H25BrN2. The zero-order chi connectivity index (χ0) is 14.1. The number of rotatable bonds is 7. The molecule has 1 aromatic carbocycles. The zero-order valence-corrected chi connectivity index (χ0v) is 13.9. The van der Waals surface area contributed by atoms with Crippen LogP contribution < -0.4 is 0 Å². The van der Waals surface area contributed by atoms with Gasteiger partial charge in [-0.2, -0.15) is 0 Å². The molecule has 0 fully saturated rings. The van der Waals surface area contributed by atoms with Gasteiger partial charge in [0.2, 0.25) is 0 Å². The molecule has 106 valence electrons. The van der Waals surface area contributed by atoms with Gasteiger partial charge in [-0.25, -0.2) is 4.99 Å². The number of amidine groups is 1. The molecule has 0 aromatic heterocycles. The normalized spacial score (nSPS) is 11.7. The molecule has 0 radical (unpaired) electrons. The van der Waals surface area contributed by atoms with E-state index in [2.05, 4.69) is 41.6 Å². The van der Waals surface area contributed by atoms with E-state index in [4.69, 9.17) is 4.99 Å². The number of aliphatic imine (C=N–C) groups is 1. The van der Waals surface area contributed by atoms with Gasteiger partial charge < -0.3 is 4.90 Å². The Hall–Kier alpha value is -0.830. The van der Waals surface area contributed by atoms with Gasteiger partial charge in [0.05, 0.1) is 5.69 Å². The molecule has 1 aromatic rings. The first kappa shape index (κ1) is 16.2. The second kappa shape index (κ2) is 9.13. The van der Waals surface area contributed by atoms with Crippen LogP contribution in [0.3, 0.4) is 0 Å². The summed E-state index contributed by atoms with van der Waals surface area (Å²) in [5.74, 6) is 1.13. The predicted molar refractivity (Wildman–Crippen MR) is 88.3 cm³/mol. The number of unbranched alkanes of at least 4 members (excludes halogenated alkanes) is 2. The van der Waals surface area contributed by atoms with Crippen LogP contribution >= 0.6 is 15.9 Å². The number of hydrogen-bond acceptors (Lipinski definition) is 1. The second-order valence-electron chi connectivity index (χ2n) is 4.83. The van der Waals surface area contributed by atoms with Crippen molar-refractivity contribution in [3.05, 3.63) is 28.7 Å². The highest BCUT2D eigenvalue weighted by atomic mass is 79.9. The highest BCUT2D eigenvalue weighted by Gasteiger charge is 2.05. The van der Waals surface area contributed by atoms with E-state index in [9.17, 15) is 0 Å². The van der Waals surface area contributed by atoms with Gasteiger partial charge >= 0.3 is 0 Å². The summed E-state index contributed by atoms with van der Waals surface area (Å²) in [6.07, 6.45) is 4.93. The Morgan fingerprint density at radius 2 is 1.58 bits per heavy atom. The van der Waals surface area contributed by atoms with Crippen molar-refractivity contribution < 1.29 is 0 Å². The molecule has 0 atom stereocenters. The Morgan fingerprint density at radius 1 is 1.05 bits per heavy atom. The summed E-state index contributed by atoms with van der Waals surface area (Å²) in [6, 6.07) is 8.17. The molecule has 0 saturated heterocycles. The van der Waals surface area contributed by atoms with Crippen LogP contribution in [0.1, 0.15) is 46.5 Å². The highest BCUT2D eigenvalue weighted by molar-refractivity contribution is 9.10. The summed E-state index contributed by atoms with van der Waals surface area (Å²) < 4.78 is 1.10. The largest absolute Gasteiger partial charge is 0.360 e. The Balaban J connectivity index is 2.72. The topological polar surface area (TPSA) is 15.6 Å². The molecule has 0 unspecified atom stereocenters. The molecule has 0 bridgehead atoms. The predicted octanol–water partition coefficient (Wildman–Crippen LogP) is 5.40. The fraction of sp³-hybridized carbons (Fsp3) is 0.562. The first-order valence-corrected chi connectivity index (χ1v) is 8.02. The van der Waals surface area contributed by atoms with Crippen LogP contribution in [-0.4, -0.2) is 23.8 Å². The lowest BCUT2D eigenvalue weighted by Crippen LogP contribution is -2.30. The maximum absolute atomic E-state index is 4.73. The Morgan fingerprint density at radius 3 is 2.05 bits per heavy atom. The minimum absolute atomic E-state index is 1.03. The van der Waals surface area contributed by atoms with Crippen LogP contribution in [0.2, 0.25) is 0 Å². The Labute approximate surface area is 126 Å². The van der Waals surface area contributed by atoms with Crippen molar-refractivity contribution >= 4 is 27.5 Å². The van der Waals surface area contributed by atoms with Crippen molar-refractivity contribution in [1.82, 2.24) is 4.90 Å². The van der Waals surface area contributed by atoms with Gasteiger partial charge in [-0.3, -0.25) is 0 Å². The fourth-order valence-corrected chi connectivity index (χ4v) is 2.17. The third-order valence-corrected chi connectivity index (χ3v) is 3.67. The third kappa shape index (κ3) is 6.24. The van der Waals surface area contributed by atoms with E-state index in [-0.39, 0.29) is 0 Å². The SMILES string of the molecule is CCCCN(CCCC)C(C)=Nc1ccc(Br)cc1. The molecule has 0 amide bonds. The van der Waals surface area contributed by atoms with Gasteiger partial charge in [-0.1, -0.05) is 42.6 Å². The molecule has 0 N–H and O–H groups in total. The molecular weight excluding hydrogens is 300 g/mol. The van der Waals surface area contributed by atoms with Crippen LogP contribution in [0, 0.1) is 0 Å². The van der Waals surface area contributed by atoms with Crippen LogP contribution in [0.25, 0.3) is 0 Å². The number of benzene rings is 1. The van der Waals surface area contributed by atoms with Crippen molar-refractivity contribution in [2.24, 2.45) is 4.99 Å². The lowest BCUT2D eigenvalue weighted by atomic mass is 10.2. The van der Waals surface area contributed by atoms with Crippen molar-refractivity contribution in [3.63, 3.8) is 0 Å².